The van der Waals surface area contributed by atoms with Crippen molar-refractivity contribution in [3.8, 4) is 0 Å². The molecule has 0 fully saturated rings. The normalized spacial score (nSPS) is 12.2. The van der Waals surface area contributed by atoms with Gasteiger partial charge in [-0.2, -0.15) is 0 Å². The van der Waals surface area contributed by atoms with Crippen LogP contribution in [0.1, 0.15) is 27.2 Å². The van der Waals surface area contributed by atoms with E-state index in [9.17, 15) is 9.59 Å². The molecule has 1 N–H and O–H groups in total. The highest BCUT2D eigenvalue weighted by molar-refractivity contribution is 8.00. The number of para-hydroxylation sites is 1. The van der Waals surface area contributed by atoms with Crippen LogP contribution in [0.5, 0.6) is 0 Å². The third kappa shape index (κ3) is 6.58. The van der Waals surface area contributed by atoms with Gasteiger partial charge >= 0.3 is 0 Å². The highest BCUT2D eigenvalue weighted by Gasteiger charge is 2.19. The van der Waals surface area contributed by atoms with Crippen LogP contribution in [0.2, 0.25) is 0 Å². The standard InChI is InChI=1S/C25H32N4O3S/c1-17(2)32-16-8-15-29-24(31)21-9-6-7-10-22(21)27-25(29)33-18(3)23(30)26-19-11-13-20(14-12-19)28(4)5/h6-7,9-14,17-18H,8,15-16H2,1-5H3,(H,26,30)/t18-/m1/s1. The summed E-state index contributed by atoms with van der Waals surface area (Å²) in [6.07, 6.45) is 0.825. The Bertz CT molecular complexity index is 1140. The summed E-state index contributed by atoms with van der Waals surface area (Å²) in [5.74, 6) is -0.144. The van der Waals surface area contributed by atoms with E-state index in [-0.39, 0.29) is 17.6 Å². The second kappa shape index (κ2) is 11.3. The lowest BCUT2D eigenvalue weighted by atomic mass is 10.2. The maximum Gasteiger partial charge on any atom is 0.262 e. The van der Waals surface area contributed by atoms with Gasteiger partial charge in [-0.05, 0) is 63.6 Å². The van der Waals surface area contributed by atoms with Crippen LogP contribution in [0.3, 0.4) is 0 Å². The van der Waals surface area contributed by atoms with Crippen molar-refractivity contribution < 1.29 is 9.53 Å². The van der Waals surface area contributed by atoms with Gasteiger partial charge < -0.3 is 15.0 Å². The number of ether oxygens (including phenoxy) is 1. The molecule has 0 spiro atoms. The van der Waals surface area contributed by atoms with E-state index in [2.05, 4.69) is 5.32 Å². The van der Waals surface area contributed by atoms with E-state index in [0.717, 1.165) is 11.4 Å². The lowest BCUT2D eigenvalue weighted by Crippen LogP contribution is -2.27. The third-order valence-corrected chi connectivity index (χ3v) is 6.20. The Morgan fingerprint density at radius 2 is 1.82 bits per heavy atom. The molecule has 1 atom stereocenters. The lowest BCUT2D eigenvalue weighted by molar-refractivity contribution is -0.115. The zero-order valence-corrected chi connectivity index (χ0v) is 20.7. The molecular weight excluding hydrogens is 436 g/mol. The Hall–Kier alpha value is -2.84. The topological polar surface area (TPSA) is 76.5 Å². The number of benzene rings is 2. The predicted octanol–water partition coefficient (Wildman–Crippen LogP) is 4.40. The number of nitrogens with zero attached hydrogens (tertiary/aromatic N) is 3. The van der Waals surface area contributed by atoms with Crippen molar-refractivity contribution in [2.75, 3.05) is 30.9 Å². The molecule has 0 bridgehead atoms. The first-order valence-corrected chi connectivity index (χ1v) is 12.0. The van der Waals surface area contributed by atoms with Crippen molar-refractivity contribution in [3.05, 3.63) is 58.9 Å². The second-order valence-corrected chi connectivity index (χ2v) is 9.64. The Kier molecular flexibility index (Phi) is 8.52. The van der Waals surface area contributed by atoms with E-state index in [1.54, 1.807) is 10.6 Å². The number of hydrogen-bond acceptors (Lipinski definition) is 6. The number of carbonyl (C=O) groups is 1. The van der Waals surface area contributed by atoms with E-state index in [1.165, 1.54) is 11.8 Å². The smallest absolute Gasteiger partial charge is 0.262 e. The van der Waals surface area contributed by atoms with Crippen molar-refractivity contribution in [1.29, 1.82) is 0 Å². The van der Waals surface area contributed by atoms with Gasteiger partial charge in [-0.15, -0.1) is 0 Å². The molecule has 0 aliphatic rings. The largest absolute Gasteiger partial charge is 0.379 e. The third-order valence-electron chi connectivity index (χ3n) is 5.11. The summed E-state index contributed by atoms with van der Waals surface area (Å²) in [5.41, 5.74) is 2.32. The number of amides is 1. The number of hydrogen-bond donors (Lipinski definition) is 1. The minimum Gasteiger partial charge on any atom is -0.379 e. The van der Waals surface area contributed by atoms with Crippen LogP contribution in [0.25, 0.3) is 10.9 Å². The summed E-state index contributed by atoms with van der Waals surface area (Å²) in [6, 6.07) is 15.0. The molecule has 8 heteroatoms. The summed E-state index contributed by atoms with van der Waals surface area (Å²) in [5, 5.41) is 3.62. The molecule has 1 amide bonds. The van der Waals surface area contributed by atoms with Gasteiger partial charge in [0.25, 0.3) is 5.56 Å². The fraction of sp³-hybridized carbons (Fsp3) is 0.400. The first-order chi connectivity index (χ1) is 15.8. The number of anilines is 2. The summed E-state index contributed by atoms with van der Waals surface area (Å²) in [7, 11) is 3.94. The molecule has 3 aromatic rings. The van der Waals surface area contributed by atoms with Gasteiger partial charge in [0.1, 0.15) is 0 Å². The molecule has 1 aromatic heterocycles. The average molecular weight is 469 g/mol. The van der Waals surface area contributed by atoms with Gasteiger partial charge in [0.15, 0.2) is 5.16 Å². The first kappa shape index (κ1) is 24.8. The fourth-order valence-corrected chi connectivity index (χ4v) is 4.21. The van der Waals surface area contributed by atoms with Crippen molar-refractivity contribution in [3.63, 3.8) is 0 Å². The molecule has 0 saturated heterocycles. The van der Waals surface area contributed by atoms with E-state index < -0.39 is 5.25 Å². The number of carbonyl (C=O) groups excluding carboxylic acids is 1. The first-order valence-electron chi connectivity index (χ1n) is 11.1. The molecule has 0 saturated carbocycles. The van der Waals surface area contributed by atoms with Gasteiger partial charge in [-0.1, -0.05) is 23.9 Å². The van der Waals surface area contributed by atoms with Crippen molar-refractivity contribution in [2.45, 2.75) is 50.2 Å². The summed E-state index contributed by atoms with van der Waals surface area (Å²) in [4.78, 5) is 32.7. The Morgan fingerprint density at radius 3 is 2.48 bits per heavy atom. The molecule has 0 radical (unpaired) electrons. The Balaban J connectivity index is 1.78. The molecule has 0 aliphatic heterocycles. The van der Waals surface area contributed by atoms with Gasteiger partial charge in [0.2, 0.25) is 5.91 Å². The monoisotopic (exact) mass is 468 g/mol. The van der Waals surface area contributed by atoms with Gasteiger partial charge in [-0.25, -0.2) is 4.98 Å². The number of rotatable bonds is 10. The van der Waals surface area contributed by atoms with Crippen molar-refractivity contribution >= 4 is 39.9 Å². The van der Waals surface area contributed by atoms with Crippen molar-refractivity contribution in [1.82, 2.24) is 9.55 Å². The molecule has 33 heavy (non-hydrogen) atoms. The van der Waals surface area contributed by atoms with Crippen LogP contribution in [0.15, 0.2) is 58.5 Å². The Labute approximate surface area is 199 Å². The minimum atomic E-state index is -0.440. The molecule has 7 nitrogen and oxygen atoms in total. The summed E-state index contributed by atoms with van der Waals surface area (Å²) in [6.45, 7) is 6.83. The molecular formula is C25H32N4O3S. The van der Waals surface area contributed by atoms with Crippen molar-refractivity contribution in [2.24, 2.45) is 0 Å². The SMILES string of the molecule is CC(C)OCCCn1c(S[C@H](C)C(=O)Nc2ccc(N(C)C)cc2)nc2ccccc2c1=O. The average Bonchev–Trinajstić information content (AvgIpc) is 2.78. The van der Waals surface area contributed by atoms with Gasteiger partial charge in [-0.3, -0.25) is 14.2 Å². The number of aromatic nitrogens is 2. The van der Waals surface area contributed by atoms with Crippen LogP contribution in [0, 0.1) is 0 Å². The maximum atomic E-state index is 13.2. The predicted molar refractivity (Wildman–Crippen MR) is 136 cm³/mol. The second-order valence-electron chi connectivity index (χ2n) is 8.33. The van der Waals surface area contributed by atoms with Gasteiger partial charge in [0.05, 0.1) is 22.3 Å². The van der Waals surface area contributed by atoms with Crippen LogP contribution in [0.4, 0.5) is 11.4 Å². The number of fused-ring (bicyclic) bond motifs is 1. The maximum absolute atomic E-state index is 13.2. The molecule has 3 rings (SSSR count). The fourth-order valence-electron chi connectivity index (χ4n) is 3.27. The quantitative estimate of drug-likeness (QED) is 0.270. The van der Waals surface area contributed by atoms with E-state index in [4.69, 9.17) is 9.72 Å². The van der Waals surface area contributed by atoms with Crippen LogP contribution in [-0.2, 0) is 16.1 Å². The van der Waals surface area contributed by atoms with Crippen LogP contribution >= 0.6 is 11.8 Å². The van der Waals surface area contributed by atoms with E-state index >= 15 is 0 Å². The highest BCUT2D eigenvalue weighted by Crippen LogP contribution is 2.24. The van der Waals surface area contributed by atoms with E-state index in [1.807, 2.05) is 82.2 Å². The lowest BCUT2D eigenvalue weighted by Gasteiger charge is -2.17. The number of thioether (sulfide) groups is 1. The minimum absolute atomic E-state index is 0.0977. The highest BCUT2D eigenvalue weighted by atomic mass is 32.2. The molecule has 0 aliphatic carbocycles. The molecule has 176 valence electrons. The number of nitrogens with one attached hydrogen (secondary N) is 1. The molecule has 2 aromatic carbocycles. The zero-order chi connectivity index (χ0) is 24.0. The van der Waals surface area contributed by atoms with Crippen LogP contribution < -0.4 is 15.8 Å². The Morgan fingerprint density at radius 1 is 1.12 bits per heavy atom. The molecule has 0 unspecified atom stereocenters. The summed E-state index contributed by atoms with van der Waals surface area (Å²) < 4.78 is 7.29. The van der Waals surface area contributed by atoms with E-state index in [0.29, 0.717) is 35.6 Å². The zero-order valence-electron chi connectivity index (χ0n) is 19.9. The summed E-state index contributed by atoms with van der Waals surface area (Å²) >= 11 is 1.29. The van der Waals surface area contributed by atoms with Crippen LogP contribution in [-0.4, -0.2) is 47.5 Å². The molecule has 1 heterocycles. The van der Waals surface area contributed by atoms with Gasteiger partial charge in [0, 0.05) is 38.6 Å².